The Kier molecular flexibility index (Phi) is 7.63. The summed E-state index contributed by atoms with van der Waals surface area (Å²) in [6.45, 7) is 11.3. The summed E-state index contributed by atoms with van der Waals surface area (Å²) in [5, 5.41) is 21.6. The first kappa shape index (κ1) is 27.9. The molecule has 1 aromatic carbocycles. The fourth-order valence-electron chi connectivity index (χ4n) is 9.64. The second-order valence-electron chi connectivity index (χ2n) is 14.4. The monoisotopic (exact) mass is 522 g/mol. The molecule has 4 aliphatic carbocycles. The zero-order chi connectivity index (χ0) is 27.3. The SMILES string of the molecule is C[C@H](CCCC(C)(C)O)[C@H]1CC[C@H]2[C@@H]3CC=C4[C@@H](O)[C@@H](OC(=O)c5ccccc5)CC[C@]4(C)[C@H]3CC[C@]12C. The number of carbonyl (C=O) groups excluding carboxylic acids is 1. The van der Waals surface area contributed by atoms with Crippen LogP contribution in [0.3, 0.4) is 0 Å². The van der Waals surface area contributed by atoms with Gasteiger partial charge in [0.1, 0.15) is 12.2 Å². The van der Waals surface area contributed by atoms with Gasteiger partial charge in [0.15, 0.2) is 0 Å². The van der Waals surface area contributed by atoms with E-state index in [4.69, 9.17) is 4.74 Å². The molecule has 3 saturated carbocycles. The molecule has 0 amide bonds. The van der Waals surface area contributed by atoms with Crippen LogP contribution in [0.1, 0.15) is 109 Å². The van der Waals surface area contributed by atoms with Crippen molar-refractivity contribution in [2.75, 3.05) is 0 Å². The zero-order valence-electron chi connectivity index (χ0n) is 24.3. The van der Waals surface area contributed by atoms with E-state index in [9.17, 15) is 15.0 Å². The molecule has 210 valence electrons. The minimum atomic E-state index is -0.706. The molecule has 0 saturated heterocycles. The average Bonchev–Trinajstić information content (AvgIpc) is 3.23. The van der Waals surface area contributed by atoms with E-state index in [0.29, 0.717) is 28.7 Å². The van der Waals surface area contributed by atoms with Crippen molar-refractivity contribution in [2.45, 2.75) is 117 Å². The van der Waals surface area contributed by atoms with Crippen LogP contribution in [-0.4, -0.2) is 34.0 Å². The summed E-state index contributed by atoms with van der Waals surface area (Å²) in [5.41, 5.74) is 1.51. The number of rotatable bonds is 7. The van der Waals surface area contributed by atoms with Crippen LogP contribution in [0.15, 0.2) is 42.0 Å². The average molecular weight is 523 g/mol. The first-order valence-corrected chi connectivity index (χ1v) is 15.3. The highest BCUT2D eigenvalue weighted by Crippen LogP contribution is 2.67. The number of ether oxygens (including phenoxy) is 1. The van der Waals surface area contributed by atoms with Gasteiger partial charge >= 0.3 is 5.97 Å². The number of hydrogen-bond acceptors (Lipinski definition) is 4. The van der Waals surface area contributed by atoms with E-state index in [2.05, 4.69) is 26.8 Å². The van der Waals surface area contributed by atoms with Gasteiger partial charge in [-0.3, -0.25) is 0 Å². The normalized spacial score (nSPS) is 39.4. The molecule has 0 radical (unpaired) electrons. The quantitative estimate of drug-likeness (QED) is 0.290. The molecule has 4 nitrogen and oxygen atoms in total. The minimum Gasteiger partial charge on any atom is -0.456 e. The molecule has 0 heterocycles. The zero-order valence-corrected chi connectivity index (χ0v) is 24.3. The molecular weight excluding hydrogens is 472 g/mol. The predicted octanol–water partition coefficient (Wildman–Crippen LogP) is 7.34. The van der Waals surface area contributed by atoms with Crippen LogP contribution in [0.2, 0.25) is 0 Å². The van der Waals surface area contributed by atoms with Crippen molar-refractivity contribution in [1.82, 2.24) is 0 Å². The van der Waals surface area contributed by atoms with Crippen molar-refractivity contribution in [1.29, 1.82) is 0 Å². The minimum absolute atomic E-state index is 0.00424. The molecule has 3 fully saturated rings. The van der Waals surface area contributed by atoms with Gasteiger partial charge in [0.2, 0.25) is 0 Å². The standard InChI is InChI=1S/C34H50O4/c1-22(10-9-19-32(2,3)37)25-15-16-26-24-13-14-28-30(35)29(38-31(36)23-11-7-6-8-12-23)18-21-34(28,5)27(24)17-20-33(25,26)4/h6-8,11-12,14,22,24-27,29-30,35,37H,9-10,13,15-21H2,1-5H3/t22-,24+,25-,26+,27+,29+,30-,33-,34-/m1/s1. The van der Waals surface area contributed by atoms with Gasteiger partial charge in [-0.2, -0.15) is 0 Å². The van der Waals surface area contributed by atoms with Crippen LogP contribution in [0.25, 0.3) is 0 Å². The van der Waals surface area contributed by atoms with Gasteiger partial charge < -0.3 is 14.9 Å². The lowest BCUT2D eigenvalue weighted by Crippen LogP contribution is -2.54. The summed E-state index contributed by atoms with van der Waals surface area (Å²) >= 11 is 0. The number of allylic oxidation sites excluding steroid dienone is 1. The van der Waals surface area contributed by atoms with Crippen molar-refractivity contribution in [3.8, 4) is 0 Å². The molecule has 0 spiro atoms. The van der Waals surface area contributed by atoms with Crippen molar-refractivity contribution in [3.05, 3.63) is 47.5 Å². The fraction of sp³-hybridized carbons (Fsp3) is 0.735. The first-order valence-electron chi connectivity index (χ1n) is 15.3. The van der Waals surface area contributed by atoms with Crippen LogP contribution in [-0.2, 0) is 4.74 Å². The topological polar surface area (TPSA) is 66.8 Å². The number of benzene rings is 1. The Bertz CT molecular complexity index is 1020. The highest BCUT2D eigenvalue weighted by atomic mass is 16.6. The second kappa shape index (κ2) is 10.4. The number of esters is 1. The van der Waals surface area contributed by atoms with Crippen molar-refractivity contribution < 1.29 is 19.7 Å². The van der Waals surface area contributed by atoms with Crippen LogP contribution in [0, 0.1) is 40.4 Å². The van der Waals surface area contributed by atoms with Gasteiger partial charge in [-0.1, -0.05) is 57.9 Å². The predicted molar refractivity (Wildman–Crippen MR) is 152 cm³/mol. The summed E-state index contributed by atoms with van der Waals surface area (Å²) in [5.74, 6) is 3.17. The van der Waals surface area contributed by atoms with Gasteiger partial charge in [-0.25, -0.2) is 4.79 Å². The largest absolute Gasteiger partial charge is 0.456 e. The molecule has 9 atom stereocenters. The van der Waals surface area contributed by atoms with Crippen LogP contribution < -0.4 is 0 Å². The molecule has 1 aromatic rings. The van der Waals surface area contributed by atoms with Gasteiger partial charge in [0.25, 0.3) is 0 Å². The molecule has 0 aromatic heterocycles. The number of aliphatic hydroxyl groups is 2. The smallest absolute Gasteiger partial charge is 0.338 e. The van der Waals surface area contributed by atoms with E-state index in [-0.39, 0.29) is 11.4 Å². The van der Waals surface area contributed by atoms with E-state index >= 15 is 0 Å². The number of hydrogen-bond donors (Lipinski definition) is 2. The van der Waals surface area contributed by atoms with Crippen molar-refractivity contribution in [3.63, 3.8) is 0 Å². The number of fused-ring (bicyclic) bond motifs is 5. The maximum atomic E-state index is 12.7. The van der Waals surface area contributed by atoms with Crippen LogP contribution in [0.5, 0.6) is 0 Å². The van der Waals surface area contributed by atoms with Crippen molar-refractivity contribution in [2.24, 2.45) is 40.4 Å². The third kappa shape index (κ3) is 5.01. The lowest BCUT2D eigenvalue weighted by Gasteiger charge is -2.59. The molecule has 2 N–H and O–H groups in total. The lowest BCUT2D eigenvalue weighted by molar-refractivity contribution is -0.0846. The molecule has 5 rings (SSSR count). The summed E-state index contributed by atoms with van der Waals surface area (Å²) in [6.07, 6.45) is 12.3. The van der Waals surface area contributed by atoms with E-state index in [1.54, 1.807) is 12.1 Å². The third-order valence-electron chi connectivity index (χ3n) is 11.6. The summed E-state index contributed by atoms with van der Waals surface area (Å²) < 4.78 is 5.85. The highest BCUT2D eigenvalue weighted by molar-refractivity contribution is 5.89. The van der Waals surface area contributed by atoms with Gasteiger partial charge in [-0.05, 0) is 123 Å². The van der Waals surface area contributed by atoms with E-state index in [1.807, 2.05) is 32.0 Å². The number of aliphatic hydroxyl groups excluding tert-OH is 1. The Balaban J connectivity index is 1.28. The third-order valence-corrected chi connectivity index (χ3v) is 11.6. The van der Waals surface area contributed by atoms with E-state index in [0.717, 1.165) is 49.5 Å². The lowest BCUT2D eigenvalue weighted by atomic mass is 9.46. The highest BCUT2D eigenvalue weighted by Gasteiger charge is 2.60. The summed E-state index contributed by atoms with van der Waals surface area (Å²) in [6, 6.07) is 9.12. The summed E-state index contributed by atoms with van der Waals surface area (Å²) in [4.78, 5) is 12.7. The molecule has 0 bridgehead atoms. The Morgan fingerprint density at radius 1 is 1.08 bits per heavy atom. The van der Waals surface area contributed by atoms with Gasteiger partial charge in [0.05, 0.1) is 11.2 Å². The summed E-state index contributed by atoms with van der Waals surface area (Å²) in [7, 11) is 0. The molecule has 4 aliphatic rings. The maximum absolute atomic E-state index is 12.7. The molecule has 0 aliphatic heterocycles. The Labute approximate surface area is 230 Å². The molecule has 38 heavy (non-hydrogen) atoms. The van der Waals surface area contributed by atoms with E-state index < -0.39 is 17.8 Å². The maximum Gasteiger partial charge on any atom is 0.338 e. The second-order valence-corrected chi connectivity index (χ2v) is 14.4. The Morgan fingerprint density at radius 3 is 2.53 bits per heavy atom. The molecular formula is C34H50O4. The van der Waals surface area contributed by atoms with Crippen LogP contribution >= 0.6 is 0 Å². The molecule has 4 heteroatoms. The van der Waals surface area contributed by atoms with Gasteiger partial charge in [-0.15, -0.1) is 0 Å². The van der Waals surface area contributed by atoms with Gasteiger partial charge in [0, 0.05) is 0 Å². The van der Waals surface area contributed by atoms with Crippen molar-refractivity contribution >= 4 is 5.97 Å². The van der Waals surface area contributed by atoms with Crippen LogP contribution in [0.4, 0.5) is 0 Å². The number of carbonyl (C=O) groups is 1. The fourth-order valence-corrected chi connectivity index (χ4v) is 9.64. The molecule has 0 unspecified atom stereocenters. The Hall–Kier alpha value is -1.65. The first-order chi connectivity index (χ1) is 17.9. The Morgan fingerprint density at radius 2 is 1.82 bits per heavy atom. The van der Waals surface area contributed by atoms with E-state index in [1.165, 1.54) is 32.1 Å².